The first-order valence-corrected chi connectivity index (χ1v) is 5.06. The molecule has 0 amide bonds. The summed E-state index contributed by atoms with van der Waals surface area (Å²) in [5.74, 6) is 0.835. The molecule has 0 aliphatic rings. The van der Waals surface area contributed by atoms with Crippen LogP contribution in [0.15, 0.2) is 18.3 Å². The van der Waals surface area contributed by atoms with Crippen LogP contribution in [0.2, 0.25) is 0 Å². The van der Waals surface area contributed by atoms with Crippen LogP contribution in [0.25, 0.3) is 0 Å². The molecule has 84 valence electrons. The highest BCUT2D eigenvalue weighted by Crippen LogP contribution is 2.17. The lowest BCUT2D eigenvalue weighted by Gasteiger charge is -2.22. The molecule has 1 rings (SSSR count). The van der Waals surface area contributed by atoms with Crippen LogP contribution < -0.4 is 10.6 Å². The third-order valence-corrected chi connectivity index (χ3v) is 2.22. The molecule has 0 unspecified atom stereocenters. The van der Waals surface area contributed by atoms with E-state index in [0.717, 1.165) is 18.1 Å². The molecule has 0 saturated heterocycles. The van der Waals surface area contributed by atoms with E-state index in [0.29, 0.717) is 0 Å². The quantitative estimate of drug-likeness (QED) is 0.688. The standard InChI is InChI=1S/C11H19N3O/c1-11(2,8-15)7-14-9-4-5-13-10(6-9)12-3/h4-6,15H,7-8H2,1-3H3,(H2,12,13,14). The second-order valence-electron chi connectivity index (χ2n) is 4.36. The lowest BCUT2D eigenvalue weighted by molar-refractivity contribution is 0.171. The summed E-state index contributed by atoms with van der Waals surface area (Å²) in [5.41, 5.74) is 0.902. The molecule has 0 bridgehead atoms. The Kier molecular flexibility index (Phi) is 3.91. The number of nitrogens with zero attached hydrogens (tertiary/aromatic N) is 1. The Labute approximate surface area is 90.7 Å². The Morgan fingerprint density at radius 1 is 1.47 bits per heavy atom. The molecular weight excluding hydrogens is 190 g/mol. The molecule has 0 radical (unpaired) electrons. The fraction of sp³-hybridized carbons (Fsp3) is 0.545. The average molecular weight is 209 g/mol. The molecule has 0 aliphatic heterocycles. The van der Waals surface area contributed by atoms with Gasteiger partial charge in [0.25, 0.3) is 0 Å². The molecule has 4 nitrogen and oxygen atoms in total. The predicted molar refractivity (Wildman–Crippen MR) is 63.1 cm³/mol. The zero-order valence-electron chi connectivity index (χ0n) is 9.54. The number of pyridine rings is 1. The van der Waals surface area contributed by atoms with Crippen molar-refractivity contribution in [2.45, 2.75) is 13.8 Å². The van der Waals surface area contributed by atoms with Gasteiger partial charge in [-0.05, 0) is 6.07 Å². The summed E-state index contributed by atoms with van der Waals surface area (Å²) in [5, 5.41) is 15.4. The van der Waals surface area contributed by atoms with E-state index in [2.05, 4.69) is 15.6 Å². The highest BCUT2D eigenvalue weighted by atomic mass is 16.3. The lowest BCUT2D eigenvalue weighted by atomic mass is 9.95. The van der Waals surface area contributed by atoms with Gasteiger partial charge in [-0.15, -0.1) is 0 Å². The SMILES string of the molecule is CNc1cc(NCC(C)(C)CO)ccn1. The van der Waals surface area contributed by atoms with Crippen LogP contribution in [0.1, 0.15) is 13.8 Å². The summed E-state index contributed by atoms with van der Waals surface area (Å²) in [6.07, 6.45) is 1.75. The topological polar surface area (TPSA) is 57.2 Å². The second-order valence-corrected chi connectivity index (χ2v) is 4.36. The van der Waals surface area contributed by atoms with Gasteiger partial charge in [0.15, 0.2) is 0 Å². The van der Waals surface area contributed by atoms with E-state index in [9.17, 15) is 0 Å². The van der Waals surface area contributed by atoms with Gasteiger partial charge in [0.2, 0.25) is 0 Å². The van der Waals surface area contributed by atoms with E-state index in [1.54, 1.807) is 6.20 Å². The van der Waals surface area contributed by atoms with Crippen LogP contribution in [0.4, 0.5) is 11.5 Å². The Hall–Kier alpha value is -1.29. The number of hydrogen-bond donors (Lipinski definition) is 3. The molecule has 0 saturated carbocycles. The van der Waals surface area contributed by atoms with E-state index in [4.69, 9.17) is 5.11 Å². The molecule has 3 N–H and O–H groups in total. The van der Waals surface area contributed by atoms with E-state index < -0.39 is 0 Å². The van der Waals surface area contributed by atoms with Crippen molar-refractivity contribution in [1.29, 1.82) is 0 Å². The Bertz CT molecular complexity index is 312. The molecule has 0 spiro atoms. The molecule has 4 heteroatoms. The maximum Gasteiger partial charge on any atom is 0.127 e. The number of rotatable bonds is 5. The van der Waals surface area contributed by atoms with Gasteiger partial charge in [-0.2, -0.15) is 0 Å². The first kappa shape index (κ1) is 11.8. The monoisotopic (exact) mass is 209 g/mol. The smallest absolute Gasteiger partial charge is 0.127 e. The first-order chi connectivity index (χ1) is 7.07. The Morgan fingerprint density at radius 3 is 2.80 bits per heavy atom. The van der Waals surface area contributed by atoms with Crippen LogP contribution in [-0.4, -0.2) is 30.3 Å². The summed E-state index contributed by atoms with van der Waals surface area (Å²) < 4.78 is 0. The molecule has 0 fully saturated rings. The maximum absolute atomic E-state index is 9.11. The van der Waals surface area contributed by atoms with Gasteiger partial charge >= 0.3 is 0 Å². The minimum atomic E-state index is -0.108. The first-order valence-electron chi connectivity index (χ1n) is 5.06. The molecule has 0 aromatic carbocycles. The summed E-state index contributed by atoms with van der Waals surface area (Å²) in [6, 6.07) is 3.85. The molecular formula is C11H19N3O. The zero-order valence-corrected chi connectivity index (χ0v) is 9.54. The van der Waals surface area contributed by atoms with Crippen molar-refractivity contribution in [3.63, 3.8) is 0 Å². The van der Waals surface area contributed by atoms with Crippen LogP contribution in [0.3, 0.4) is 0 Å². The largest absolute Gasteiger partial charge is 0.396 e. The number of anilines is 2. The van der Waals surface area contributed by atoms with Gasteiger partial charge in [-0.25, -0.2) is 4.98 Å². The van der Waals surface area contributed by atoms with Crippen LogP contribution in [-0.2, 0) is 0 Å². The molecule has 1 aromatic heterocycles. The average Bonchev–Trinajstić information content (AvgIpc) is 2.27. The Balaban J connectivity index is 2.57. The van der Waals surface area contributed by atoms with Crippen molar-refractivity contribution in [2.75, 3.05) is 30.8 Å². The minimum Gasteiger partial charge on any atom is -0.396 e. The van der Waals surface area contributed by atoms with Gasteiger partial charge in [0.05, 0.1) is 0 Å². The highest BCUT2D eigenvalue weighted by Gasteiger charge is 2.15. The zero-order chi connectivity index (χ0) is 11.3. The fourth-order valence-corrected chi connectivity index (χ4v) is 1.07. The highest BCUT2D eigenvalue weighted by molar-refractivity contribution is 5.51. The van der Waals surface area contributed by atoms with E-state index in [1.807, 2.05) is 33.0 Å². The number of aliphatic hydroxyl groups excluding tert-OH is 1. The third kappa shape index (κ3) is 3.75. The minimum absolute atomic E-state index is 0.108. The van der Waals surface area contributed by atoms with E-state index >= 15 is 0 Å². The fourth-order valence-electron chi connectivity index (χ4n) is 1.07. The van der Waals surface area contributed by atoms with Crippen molar-refractivity contribution in [2.24, 2.45) is 5.41 Å². The van der Waals surface area contributed by atoms with Gasteiger partial charge in [-0.3, -0.25) is 0 Å². The molecule has 1 aromatic rings. The molecule has 0 atom stereocenters. The van der Waals surface area contributed by atoms with Crippen LogP contribution in [0.5, 0.6) is 0 Å². The maximum atomic E-state index is 9.11. The van der Waals surface area contributed by atoms with Gasteiger partial charge in [-0.1, -0.05) is 13.8 Å². The normalized spacial score (nSPS) is 11.2. The number of hydrogen-bond acceptors (Lipinski definition) is 4. The van der Waals surface area contributed by atoms with E-state index in [-0.39, 0.29) is 12.0 Å². The van der Waals surface area contributed by atoms with Crippen molar-refractivity contribution >= 4 is 11.5 Å². The van der Waals surface area contributed by atoms with Crippen molar-refractivity contribution in [1.82, 2.24) is 4.98 Å². The summed E-state index contributed by atoms with van der Waals surface area (Å²) in [6.45, 7) is 4.93. The van der Waals surface area contributed by atoms with Gasteiger partial charge in [0.1, 0.15) is 5.82 Å². The number of aliphatic hydroxyl groups is 1. The molecule has 1 heterocycles. The Morgan fingerprint density at radius 2 is 2.20 bits per heavy atom. The summed E-state index contributed by atoms with van der Waals surface area (Å²) in [4.78, 5) is 4.12. The van der Waals surface area contributed by atoms with Crippen LogP contribution in [0, 0.1) is 5.41 Å². The van der Waals surface area contributed by atoms with Crippen LogP contribution >= 0.6 is 0 Å². The second kappa shape index (κ2) is 4.98. The summed E-state index contributed by atoms with van der Waals surface area (Å²) in [7, 11) is 1.84. The van der Waals surface area contributed by atoms with E-state index in [1.165, 1.54) is 0 Å². The van der Waals surface area contributed by atoms with Crippen molar-refractivity contribution in [3.8, 4) is 0 Å². The van der Waals surface area contributed by atoms with Crippen molar-refractivity contribution in [3.05, 3.63) is 18.3 Å². The van der Waals surface area contributed by atoms with Gasteiger partial charge < -0.3 is 15.7 Å². The third-order valence-electron chi connectivity index (χ3n) is 2.22. The number of nitrogens with one attached hydrogen (secondary N) is 2. The van der Waals surface area contributed by atoms with Gasteiger partial charge in [0, 0.05) is 43.6 Å². The van der Waals surface area contributed by atoms with Crippen molar-refractivity contribution < 1.29 is 5.11 Å². The molecule has 15 heavy (non-hydrogen) atoms. The summed E-state index contributed by atoms with van der Waals surface area (Å²) >= 11 is 0. The number of aromatic nitrogens is 1. The lowest BCUT2D eigenvalue weighted by Crippen LogP contribution is -2.26. The predicted octanol–water partition coefficient (Wildman–Crippen LogP) is 1.55. The molecule has 0 aliphatic carbocycles.